The van der Waals surface area contributed by atoms with Crippen LogP contribution in [0.3, 0.4) is 0 Å². The molecule has 1 amide bonds. The van der Waals surface area contributed by atoms with Gasteiger partial charge >= 0.3 is 0 Å². The van der Waals surface area contributed by atoms with Crippen LogP contribution in [0.1, 0.15) is 15.9 Å². The van der Waals surface area contributed by atoms with Gasteiger partial charge in [-0.3, -0.25) is 9.48 Å². The molecule has 19 heavy (non-hydrogen) atoms. The van der Waals surface area contributed by atoms with E-state index < -0.39 is 17.5 Å². The van der Waals surface area contributed by atoms with Crippen molar-refractivity contribution in [3.63, 3.8) is 0 Å². The summed E-state index contributed by atoms with van der Waals surface area (Å²) in [6.45, 7) is 0.280. The summed E-state index contributed by atoms with van der Waals surface area (Å²) in [5.41, 5.74) is 0.543. The minimum atomic E-state index is -1.12. The lowest BCUT2D eigenvalue weighted by atomic mass is 10.1. The normalized spacial score (nSPS) is 10.5. The molecule has 0 aliphatic heterocycles. The fourth-order valence-electron chi connectivity index (χ4n) is 1.77. The van der Waals surface area contributed by atoms with Gasteiger partial charge in [0, 0.05) is 32.4 Å². The van der Waals surface area contributed by atoms with Crippen molar-refractivity contribution in [1.29, 1.82) is 0 Å². The van der Waals surface area contributed by atoms with Crippen LogP contribution in [0.4, 0.5) is 8.78 Å². The summed E-state index contributed by atoms with van der Waals surface area (Å²) in [6.07, 6.45) is 3.37. The van der Waals surface area contributed by atoms with Crippen LogP contribution in [-0.4, -0.2) is 27.6 Å². The lowest BCUT2D eigenvalue weighted by Gasteiger charge is -2.16. The predicted octanol–water partition coefficient (Wildman–Crippen LogP) is 1.97. The standard InChI is InChI=1S/C13H13F2N3O/c1-17(7-9-6-16-18(2)8-9)13(19)10-4-3-5-11(14)12(10)15/h3-6,8H,7H2,1-2H3. The summed E-state index contributed by atoms with van der Waals surface area (Å²) in [4.78, 5) is 13.3. The molecular formula is C13H13F2N3O. The highest BCUT2D eigenvalue weighted by atomic mass is 19.2. The minimum absolute atomic E-state index is 0.272. The van der Waals surface area contributed by atoms with Gasteiger partial charge in [-0.15, -0.1) is 0 Å². The number of hydrogen-bond donors (Lipinski definition) is 0. The number of benzene rings is 1. The van der Waals surface area contributed by atoms with Gasteiger partial charge in [0.25, 0.3) is 5.91 Å². The Kier molecular flexibility index (Phi) is 3.59. The van der Waals surface area contributed by atoms with Crippen molar-refractivity contribution in [1.82, 2.24) is 14.7 Å². The number of rotatable bonds is 3. The molecule has 0 saturated heterocycles. The molecule has 0 bridgehead atoms. The molecule has 0 N–H and O–H groups in total. The van der Waals surface area contributed by atoms with Crippen molar-refractivity contribution in [2.75, 3.05) is 7.05 Å². The maximum Gasteiger partial charge on any atom is 0.256 e. The van der Waals surface area contributed by atoms with Crippen LogP contribution in [0.15, 0.2) is 30.6 Å². The van der Waals surface area contributed by atoms with Crippen molar-refractivity contribution >= 4 is 5.91 Å². The first-order chi connectivity index (χ1) is 8.99. The van der Waals surface area contributed by atoms with Crippen LogP contribution in [0.25, 0.3) is 0 Å². The fourth-order valence-corrected chi connectivity index (χ4v) is 1.77. The molecule has 0 aliphatic carbocycles. The summed E-state index contributed by atoms with van der Waals surface area (Å²) in [5.74, 6) is -2.72. The Labute approximate surface area is 109 Å². The summed E-state index contributed by atoms with van der Waals surface area (Å²) in [5, 5.41) is 3.98. The highest BCUT2D eigenvalue weighted by molar-refractivity contribution is 5.94. The Bertz CT molecular complexity index is 610. The van der Waals surface area contributed by atoms with Crippen molar-refractivity contribution in [3.05, 3.63) is 53.4 Å². The molecular weight excluding hydrogens is 252 g/mol. The maximum absolute atomic E-state index is 13.5. The summed E-state index contributed by atoms with van der Waals surface area (Å²) in [7, 11) is 3.29. The average Bonchev–Trinajstić information content (AvgIpc) is 2.77. The number of hydrogen-bond acceptors (Lipinski definition) is 2. The lowest BCUT2D eigenvalue weighted by Crippen LogP contribution is -2.27. The zero-order valence-corrected chi connectivity index (χ0v) is 10.6. The number of carbonyl (C=O) groups excluding carboxylic acids is 1. The van der Waals surface area contributed by atoms with Gasteiger partial charge in [0.1, 0.15) is 0 Å². The lowest BCUT2D eigenvalue weighted by molar-refractivity contribution is 0.0779. The first-order valence-corrected chi connectivity index (χ1v) is 5.66. The average molecular weight is 265 g/mol. The predicted molar refractivity (Wildman–Crippen MR) is 65.4 cm³/mol. The van der Waals surface area contributed by atoms with Gasteiger partial charge in [0.2, 0.25) is 0 Å². The molecule has 100 valence electrons. The minimum Gasteiger partial charge on any atom is -0.337 e. The second kappa shape index (κ2) is 5.17. The topological polar surface area (TPSA) is 38.1 Å². The van der Waals surface area contributed by atoms with Crippen molar-refractivity contribution in [2.45, 2.75) is 6.54 Å². The van der Waals surface area contributed by atoms with Gasteiger partial charge in [0.15, 0.2) is 11.6 Å². The zero-order valence-electron chi connectivity index (χ0n) is 10.6. The fraction of sp³-hybridized carbons (Fsp3) is 0.231. The van der Waals surface area contributed by atoms with Crippen LogP contribution in [0.5, 0.6) is 0 Å². The number of aryl methyl sites for hydroxylation is 1. The van der Waals surface area contributed by atoms with E-state index >= 15 is 0 Å². The second-order valence-electron chi connectivity index (χ2n) is 4.28. The Hall–Kier alpha value is -2.24. The summed E-state index contributed by atoms with van der Waals surface area (Å²) in [6, 6.07) is 3.55. The molecule has 1 aromatic heterocycles. The second-order valence-corrected chi connectivity index (χ2v) is 4.28. The van der Waals surface area contributed by atoms with Gasteiger partial charge in [-0.25, -0.2) is 8.78 Å². The Morgan fingerprint density at radius 3 is 2.79 bits per heavy atom. The number of carbonyl (C=O) groups is 1. The van der Waals surface area contributed by atoms with E-state index in [1.807, 2.05) is 0 Å². The molecule has 0 saturated carbocycles. The Balaban J connectivity index is 2.17. The van der Waals surface area contributed by atoms with Crippen molar-refractivity contribution in [2.24, 2.45) is 7.05 Å². The van der Waals surface area contributed by atoms with Gasteiger partial charge < -0.3 is 4.90 Å². The largest absolute Gasteiger partial charge is 0.337 e. The molecule has 0 radical (unpaired) electrons. The molecule has 6 heteroatoms. The van der Waals surface area contributed by atoms with Crippen LogP contribution in [0, 0.1) is 11.6 Å². The van der Waals surface area contributed by atoms with Gasteiger partial charge in [0.05, 0.1) is 11.8 Å². The third-order valence-corrected chi connectivity index (χ3v) is 2.71. The monoisotopic (exact) mass is 265 g/mol. The third kappa shape index (κ3) is 2.78. The number of aromatic nitrogens is 2. The van der Waals surface area contributed by atoms with Crippen LogP contribution in [-0.2, 0) is 13.6 Å². The molecule has 0 aliphatic rings. The quantitative estimate of drug-likeness (QED) is 0.851. The van der Waals surface area contributed by atoms with E-state index in [-0.39, 0.29) is 12.1 Å². The smallest absolute Gasteiger partial charge is 0.256 e. The molecule has 1 aromatic carbocycles. The van der Waals surface area contributed by atoms with Crippen molar-refractivity contribution in [3.8, 4) is 0 Å². The SMILES string of the molecule is CN(Cc1cnn(C)c1)C(=O)c1cccc(F)c1F. The van der Waals surface area contributed by atoms with Gasteiger partial charge in [-0.1, -0.05) is 6.07 Å². The molecule has 0 spiro atoms. The van der Waals surface area contributed by atoms with E-state index in [0.29, 0.717) is 0 Å². The first-order valence-electron chi connectivity index (χ1n) is 5.66. The molecule has 2 rings (SSSR count). The maximum atomic E-state index is 13.5. The van der Waals surface area contributed by atoms with Crippen LogP contribution < -0.4 is 0 Å². The number of nitrogens with zero attached hydrogens (tertiary/aromatic N) is 3. The number of halogens is 2. The molecule has 0 unspecified atom stereocenters. The van der Waals surface area contributed by atoms with Crippen molar-refractivity contribution < 1.29 is 13.6 Å². The van der Waals surface area contributed by atoms with E-state index in [0.717, 1.165) is 11.6 Å². The highest BCUT2D eigenvalue weighted by Gasteiger charge is 2.18. The van der Waals surface area contributed by atoms with E-state index in [9.17, 15) is 13.6 Å². The zero-order chi connectivity index (χ0) is 14.0. The summed E-state index contributed by atoms with van der Waals surface area (Å²) >= 11 is 0. The molecule has 0 fully saturated rings. The molecule has 0 atom stereocenters. The van der Waals surface area contributed by atoms with Gasteiger partial charge in [-0.05, 0) is 12.1 Å². The van der Waals surface area contributed by atoms with Gasteiger partial charge in [-0.2, -0.15) is 5.10 Å². The van der Waals surface area contributed by atoms with Crippen LogP contribution in [0.2, 0.25) is 0 Å². The van der Waals surface area contributed by atoms with E-state index in [1.54, 1.807) is 24.1 Å². The summed E-state index contributed by atoms with van der Waals surface area (Å²) < 4.78 is 28.2. The molecule has 1 heterocycles. The number of amides is 1. The Morgan fingerprint density at radius 2 is 2.16 bits per heavy atom. The third-order valence-electron chi connectivity index (χ3n) is 2.71. The van der Waals surface area contributed by atoms with Crippen LogP contribution >= 0.6 is 0 Å². The molecule has 4 nitrogen and oxygen atoms in total. The van der Waals surface area contributed by atoms with E-state index in [1.165, 1.54) is 24.1 Å². The molecule has 2 aromatic rings. The Morgan fingerprint density at radius 1 is 1.42 bits per heavy atom. The highest BCUT2D eigenvalue weighted by Crippen LogP contribution is 2.14. The van der Waals surface area contributed by atoms with E-state index in [2.05, 4.69) is 5.10 Å². The van der Waals surface area contributed by atoms with E-state index in [4.69, 9.17) is 0 Å². The first kappa shape index (κ1) is 13.2.